The summed E-state index contributed by atoms with van der Waals surface area (Å²) in [5.41, 5.74) is 3.52. The highest BCUT2D eigenvalue weighted by Crippen LogP contribution is 2.14. The van der Waals surface area contributed by atoms with Crippen molar-refractivity contribution in [3.05, 3.63) is 64.8 Å². The molecule has 0 unspecified atom stereocenters. The first-order chi connectivity index (χ1) is 12.4. The van der Waals surface area contributed by atoms with Gasteiger partial charge in [-0.1, -0.05) is 53.6 Å². The molecule has 0 aromatic heterocycles. The summed E-state index contributed by atoms with van der Waals surface area (Å²) in [6, 6.07) is 9.36. The molecule has 0 fully saturated rings. The van der Waals surface area contributed by atoms with E-state index in [1.54, 1.807) is 13.0 Å². The van der Waals surface area contributed by atoms with Gasteiger partial charge >= 0.3 is 5.97 Å². The molecule has 0 aliphatic heterocycles. The average Bonchev–Trinajstić information content (AvgIpc) is 2.60. The Bertz CT molecular complexity index is 675. The second kappa shape index (κ2) is 12.0. The summed E-state index contributed by atoms with van der Waals surface area (Å²) in [7, 11) is 0. The summed E-state index contributed by atoms with van der Waals surface area (Å²) in [4.78, 5) is 24.7. The van der Waals surface area contributed by atoms with Crippen molar-refractivity contribution < 1.29 is 14.3 Å². The van der Waals surface area contributed by atoms with Gasteiger partial charge in [0, 0.05) is 6.42 Å². The van der Waals surface area contributed by atoms with Crippen LogP contribution in [-0.2, 0) is 14.3 Å². The molecule has 1 aromatic carbocycles. The summed E-state index contributed by atoms with van der Waals surface area (Å²) in [5.74, 6) is -0.730. The molecular formula is C23H30O3. The molecule has 140 valence electrons. The van der Waals surface area contributed by atoms with Gasteiger partial charge < -0.3 is 4.74 Å². The first kappa shape index (κ1) is 21.6. The lowest BCUT2D eigenvalue weighted by Crippen LogP contribution is -2.15. The number of ketones is 1. The predicted octanol–water partition coefficient (Wildman–Crippen LogP) is 5.68. The molecule has 3 nitrogen and oxygen atoms in total. The number of carbonyl (C=O) groups excluding carboxylic acids is 2. The van der Waals surface area contributed by atoms with Crippen molar-refractivity contribution in [2.75, 3.05) is 6.61 Å². The number of hydrogen-bond acceptors (Lipinski definition) is 3. The molecule has 0 heterocycles. The molecule has 26 heavy (non-hydrogen) atoms. The molecule has 1 aromatic rings. The van der Waals surface area contributed by atoms with Crippen LogP contribution in [0.2, 0.25) is 0 Å². The third kappa shape index (κ3) is 8.61. The van der Waals surface area contributed by atoms with E-state index in [1.165, 1.54) is 11.1 Å². The molecule has 0 aliphatic carbocycles. The molecule has 0 saturated carbocycles. The average molecular weight is 354 g/mol. The standard InChI is InChI=1S/C23H30O3/c1-5-26-23(25)21(17-20-14-7-6-8-15-20)22(24)16-10-13-19(4)12-9-11-18(2)3/h6-8,11,13-15,17H,5,9-10,12,16H2,1-4H3/b19-13+,21-17+. The Morgan fingerprint density at radius 1 is 0.962 bits per heavy atom. The third-order valence-electron chi connectivity index (χ3n) is 3.86. The minimum absolute atomic E-state index is 0.119. The maximum atomic E-state index is 12.5. The molecule has 0 radical (unpaired) electrons. The molecule has 0 bridgehead atoms. The minimum Gasteiger partial charge on any atom is -0.462 e. The van der Waals surface area contributed by atoms with Crippen LogP contribution < -0.4 is 0 Å². The normalized spacial score (nSPS) is 11.8. The van der Waals surface area contributed by atoms with Crippen molar-refractivity contribution in [1.82, 2.24) is 0 Å². The fraction of sp³-hybridized carbons (Fsp3) is 0.391. The Labute approximate surface area is 157 Å². The van der Waals surface area contributed by atoms with Gasteiger partial charge in [-0.05, 0) is 58.6 Å². The lowest BCUT2D eigenvalue weighted by molar-refractivity contribution is -0.139. The lowest BCUT2D eigenvalue weighted by Gasteiger charge is -2.06. The maximum absolute atomic E-state index is 12.5. The van der Waals surface area contributed by atoms with Crippen molar-refractivity contribution in [2.24, 2.45) is 0 Å². The molecule has 1 rings (SSSR count). The minimum atomic E-state index is -0.550. The number of benzene rings is 1. The van der Waals surface area contributed by atoms with Crippen molar-refractivity contribution in [3.63, 3.8) is 0 Å². The Balaban J connectivity index is 2.73. The van der Waals surface area contributed by atoms with Gasteiger partial charge in [-0.25, -0.2) is 4.79 Å². The van der Waals surface area contributed by atoms with Crippen LogP contribution in [0.5, 0.6) is 0 Å². The van der Waals surface area contributed by atoms with E-state index in [-0.39, 0.29) is 18.0 Å². The fourth-order valence-corrected chi connectivity index (χ4v) is 2.45. The number of ether oxygens (including phenoxy) is 1. The summed E-state index contributed by atoms with van der Waals surface area (Å²) < 4.78 is 5.05. The second-order valence-corrected chi connectivity index (χ2v) is 6.52. The van der Waals surface area contributed by atoms with Gasteiger partial charge in [0.2, 0.25) is 0 Å². The SMILES string of the molecule is CCOC(=O)/C(=C/c1ccccc1)C(=O)CC/C=C(\C)CCC=C(C)C. The van der Waals surface area contributed by atoms with Crippen LogP contribution in [0.25, 0.3) is 6.08 Å². The zero-order valence-electron chi connectivity index (χ0n) is 16.4. The van der Waals surface area contributed by atoms with E-state index in [4.69, 9.17) is 4.74 Å². The zero-order chi connectivity index (χ0) is 19.4. The van der Waals surface area contributed by atoms with Crippen LogP contribution >= 0.6 is 0 Å². The lowest BCUT2D eigenvalue weighted by atomic mass is 10.0. The number of rotatable bonds is 10. The van der Waals surface area contributed by atoms with Crippen LogP contribution in [-0.4, -0.2) is 18.4 Å². The van der Waals surface area contributed by atoms with Gasteiger partial charge in [0.05, 0.1) is 6.61 Å². The number of allylic oxidation sites excluding steroid dienone is 4. The van der Waals surface area contributed by atoms with E-state index >= 15 is 0 Å². The van der Waals surface area contributed by atoms with E-state index in [0.717, 1.165) is 18.4 Å². The van der Waals surface area contributed by atoms with Crippen LogP contribution in [0, 0.1) is 0 Å². The largest absolute Gasteiger partial charge is 0.462 e. The smallest absolute Gasteiger partial charge is 0.341 e. The van der Waals surface area contributed by atoms with Crippen molar-refractivity contribution in [1.29, 1.82) is 0 Å². The van der Waals surface area contributed by atoms with Crippen LogP contribution in [0.4, 0.5) is 0 Å². The van der Waals surface area contributed by atoms with Gasteiger partial charge in [-0.15, -0.1) is 0 Å². The highest BCUT2D eigenvalue weighted by Gasteiger charge is 2.18. The van der Waals surface area contributed by atoms with E-state index in [2.05, 4.69) is 32.9 Å². The van der Waals surface area contributed by atoms with Crippen LogP contribution in [0.3, 0.4) is 0 Å². The first-order valence-electron chi connectivity index (χ1n) is 9.20. The van der Waals surface area contributed by atoms with E-state index in [9.17, 15) is 9.59 Å². The topological polar surface area (TPSA) is 43.4 Å². The van der Waals surface area contributed by atoms with Gasteiger partial charge in [0.15, 0.2) is 5.78 Å². The Morgan fingerprint density at radius 3 is 2.23 bits per heavy atom. The Kier molecular flexibility index (Phi) is 9.99. The number of esters is 1. The summed E-state index contributed by atoms with van der Waals surface area (Å²) in [6.45, 7) is 8.25. The van der Waals surface area contributed by atoms with Gasteiger partial charge in [0.25, 0.3) is 0 Å². The van der Waals surface area contributed by atoms with E-state index < -0.39 is 5.97 Å². The summed E-state index contributed by atoms with van der Waals surface area (Å²) in [5, 5.41) is 0. The molecule has 0 aliphatic rings. The van der Waals surface area contributed by atoms with E-state index in [1.807, 2.05) is 30.3 Å². The highest BCUT2D eigenvalue weighted by atomic mass is 16.5. The van der Waals surface area contributed by atoms with Crippen molar-refractivity contribution >= 4 is 17.8 Å². The number of Topliss-reactive ketones (excluding diaryl/α,β-unsaturated/α-hetero) is 1. The molecule has 0 amide bonds. The predicted molar refractivity (Wildman–Crippen MR) is 108 cm³/mol. The molecule has 0 atom stereocenters. The third-order valence-corrected chi connectivity index (χ3v) is 3.86. The number of carbonyl (C=O) groups is 2. The zero-order valence-corrected chi connectivity index (χ0v) is 16.4. The molecule has 3 heteroatoms. The van der Waals surface area contributed by atoms with Crippen molar-refractivity contribution in [3.8, 4) is 0 Å². The molecule has 0 N–H and O–H groups in total. The van der Waals surface area contributed by atoms with Gasteiger partial charge in [0.1, 0.15) is 5.57 Å². The highest BCUT2D eigenvalue weighted by molar-refractivity contribution is 6.20. The Hall–Kier alpha value is -2.42. The van der Waals surface area contributed by atoms with E-state index in [0.29, 0.717) is 12.8 Å². The summed E-state index contributed by atoms with van der Waals surface area (Å²) in [6.07, 6.45) is 8.85. The molecule has 0 saturated heterocycles. The monoisotopic (exact) mass is 354 g/mol. The maximum Gasteiger partial charge on any atom is 0.341 e. The van der Waals surface area contributed by atoms with Crippen molar-refractivity contribution in [2.45, 2.75) is 53.4 Å². The van der Waals surface area contributed by atoms with Gasteiger partial charge in [-0.3, -0.25) is 4.79 Å². The molecular weight excluding hydrogens is 324 g/mol. The second-order valence-electron chi connectivity index (χ2n) is 6.52. The molecule has 0 spiro atoms. The van der Waals surface area contributed by atoms with Crippen LogP contribution in [0.1, 0.15) is 58.9 Å². The number of hydrogen-bond donors (Lipinski definition) is 0. The first-order valence-corrected chi connectivity index (χ1v) is 9.20. The summed E-state index contributed by atoms with van der Waals surface area (Å²) >= 11 is 0. The fourth-order valence-electron chi connectivity index (χ4n) is 2.45. The van der Waals surface area contributed by atoms with Crippen LogP contribution in [0.15, 0.2) is 59.2 Å². The Morgan fingerprint density at radius 2 is 1.62 bits per heavy atom. The van der Waals surface area contributed by atoms with Gasteiger partial charge in [-0.2, -0.15) is 0 Å². The quantitative estimate of drug-likeness (QED) is 0.179.